The van der Waals surface area contributed by atoms with Crippen LogP contribution in [0.3, 0.4) is 0 Å². The van der Waals surface area contributed by atoms with E-state index in [-0.39, 0.29) is 11.2 Å². The lowest BCUT2D eigenvalue weighted by molar-refractivity contribution is -0.118. The normalized spacial score (nSPS) is 21.0. The minimum Gasteiger partial charge on any atom is -0.494 e. The topological polar surface area (TPSA) is 97.4 Å². The fourth-order valence-electron chi connectivity index (χ4n) is 4.04. The Balaban J connectivity index is 2.23. The molecule has 1 aromatic carbocycles. The number of rotatable bonds is 5. The molecule has 0 aromatic heterocycles. The van der Waals surface area contributed by atoms with Crippen LogP contribution in [-0.2, 0) is 4.79 Å². The number of nitrogens with one attached hydrogen (secondary N) is 1. The van der Waals surface area contributed by atoms with E-state index in [2.05, 4.69) is 25.2 Å². The van der Waals surface area contributed by atoms with Gasteiger partial charge in [0.1, 0.15) is 17.3 Å². The van der Waals surface area contributed by atoms with Gasteiger partial charge < -0.3 is 20.5 Å². The quantitative estimate of drug-likeness (QED) is 0.810. The number of allylic oxidation sites excluding steroid dienone is 3. The molecule has 0 saturated carbocycles. The van der Waals surface area contributed by atoms with Gasteiger partial charge in [-0.15, -0.1) is 0 Å². The molecule has 1 aliphatic heterocycles. The van der Waals surface area contributed by atoms with Crippen LogP contribution in [0, 0.1) is 16.7 Å². The summed E-state index contributed by atoms with van der Waals surface area (Å²) in [5.74, 6) is 1.06. The van der Waals surface area contributed by atoms with E-state index in [1.807, 2.05) is 32.0 Å². The summed E-state index contributed by atoms with van der Waals surface area (Å²) in [6, 6.07) is 7.72. The monoisotopic (exact) mass is 381 g/mol. The van der Waals surface area contributed by atoms with Crippen molar-refractivity contribution in [2.24, 2.45) is 11.1 Å². The van der Waals surface area contributed by atoms with Crippen LogP contribution in [0.4, 0.5) is 0 Å². The number of benzene rings is 1. The molecule has 148 valence electrons. The van der Waals surface area contributed by atoms with Crippen molar-refractivity contribution in [1.29, 1.82) is 5.26 Å². The summed E-state index contributed by atoms with van der Waals surface area (Å²) < 4.78 is 11.5. The average molecular weight is 381 g/mol. The van der Waals surface area contributed by atoms with E-state index in [1.54, 1.807) is 0 Å². The van der Waals surface area contributed by atoms with Crippen LogP contribution < -0.4 is 20.5 Å². The van der Waals surface area contributed by atoms with Crippen molar-refractivity contribution in [1.82, 2.24) is 5.32 Å². The van der Waals surface area contributed by atoms with Gasteiger partial charge in [-0.05, 0) is 43.9 Å². The van der Waals surface area contributed by atoms with E-state index in [4.69, 9.17) is 15.2 Å². The summed E-state index contributed by atoms with van der Waals surface area (Å²) in [5.41, 5.74) is 8.52. The first kappa shape index (κ1) is 19.8. The van der Waals surface area contributed by atoms with Gasteiger partial charge in [0, 0.05) is 23.3 Å². The molecule has 0 spiro atoms. The van der Waals surface area contributed by atoms with Crippen molar-refractivity contribution in [3.8, 4) is 17.6 Å². The largest absolute Gasteiger partial charge is 0.494 e. The van der Waals surface area contributed by atoms with Gasteiger partial charge in [0.05, 0.1) is 30.8 Å². The van der Waals surface area contributed by atoms with Crippen LogP contribution in [0.15, 0.2) is 40.9 Å². The van der Waals surface area contributed by atoms with Crippen molar-refractivity contribution in [2.45, 2.75) is 46.5 Å². The Morgan fingerprint density at radius 1 is 1.25 bits per heavy atom. The number of dihydropyridines is 1. The Labute approximate surface area is 166 Å². The first-order valence-electron chi connectivity index (χ1n) is 9.63. The lowest BCUT2D eigenvalue weighted by Crippen LogP contribution is -2.39. The number of ether oxygens (including phenoxy) is 2. The molecule has 3 rings (SSSR count). The Hall–Kier alpha value is -2.94. The predicted molar refractivity (Wildman–Crippen MR) is 107 cm³/mol. The third-order valence-electron chi connectivity index (χ3n) is 5.10. The van der Waals surface area contributed by atoms with E-state index in [9.17, 15) is 10.1 Å². The lowest BCUT2D eigenvalue weighted by atomic mass is 9.69. The summed E-state index contributed by atoms with van der Waals surface area (Å²) in [6.45, 7) is 8.92. The third-order valence-corrected chi connectivity index (χ3v) is 5.10. The SMILES string of the molecule is CCOc1ccc(OCC)c(C2C(C#N)=C(N)NC3=C2C(=O)CC(C)(C)C3)c1. The van der Waals surface area contributed by atoms with Gasteiger partial charge in [-0.2, -0.15) is 5.26 Å². The van der Waals surface area contributed by atoms with Gasteiger partial charge in [0.25, 0.3) is 0 Å². The Morgan fingerprint density at radius 2 is 1.96 bits per heavy atom. The van der Waals surface area contributed by atoms with Crippen molar-refractivity contribution in [3.05, 3.63) is 46.4 Å². The molecule has 1 atom stereocenters. The molecule has 2 aliphatic rings. The zero-order chi connectivity index (χ0) is 20.5. The standard InChI is InChI=1S/C22H27N3O3/c1-5-27-13-7-8-18(28-6-2)14(9-13)19-15(12-23)21(24)25-16-10-22(3,4)11-17(26)20(16)19/h7-9,19,25H,5-6,10-11,24H2,1-4H3. The molecule has 3 N–H and O–H groups in total. The van der Waals surface area contributed by atoms with Gasteiger partial charge in [-0.1, -0.05) is 13.8 Å². The Bertz CT molecular complexity index is 906. The van der Waals surface area contributed by atoms with E-state index in [0.29, 0.717) is 54.5 Å². The molecule has 1 aromatic rings. The van der Waals surface area contributed by atoms with Crippen molar-refractivity contribution >= 4 is 5.78 Å². The summed E-state index contributed by atoms with van der Waals surface area (Å²) in [6.07, 6.45) is 1.12. The van der Waals surface area contributed by atoms with Gasteiger partial charge in [-0.25, -0.2) is 0 Å². The van der Waals surface area contributed by atoms with Gasteiger partial charge in [-0.3, -0.25) is 4.79 Å². The number of Topliss-reactive ketones (excluding diaryl/α,β-unsaturated/α-hetero) is 1. The number of hydrogen-bond acceptors (Lipinski definition) is 6. The fraction of sp³-hybridized carbons (Fsp3) is 0.455. The fourth-order valence-corrected chi connectivity index (χ4v) is 4.04. The van der Waals surface area contributed by atoms with Crippen molar-refractivity contribution in [3.63, 3.8) is 0 Å². The molecule has 0 radical (unpaired) electrons. The molecular weight excluding hydrogens is 354 g/mol. The molecule has 1 unspecified atom stereocenters. The zero-order valence-electron chi connectivity index (χ0n) is 16.9. The Morgan fingerprint density at radius 3 is 2.61 bits per heavy atom. The highest BCUT2D eigenvalue weighted by molar-refractivity contribution is 6.00. The van der Waals surface area contributed by atoms with E-state index in [1.165, 1.54) is 0 Å². The molecule has 6 nitrogen and oxygen atoms in total. The molecule has 0 amide bonds. The molecular formula is C22H27N3O3. The molecule has 1 heterocycles. The maximum Gasteiger partial charge on any atom is 0.162 e. The number of nitrogens with zero attached hydrogens (tertiary/aromatic N) is 1. The molecule has 0 bridgehead atoms. The molecule has 6 heteroatoms. The van der Waals surface area contributed by atoms with Gasteiger partial charge in [0.2, 0.25) is 0 Å². The minimum absolute atomic E-state index is 0.0354. The molecule has 1 aliphatic carbocycles. The second kappa shape index (κ2) is 7.59. The summed E-state index contributed by atoms with van der Waals surface area (Å²) in [4.78, 5) is 13.1. The van der Waals surface area contributed by atoms with Gasteiger partial charge in [0.15, 0.2) is 5.78 Å². The highest BCUT2D eigenvalue weighted by Gasteiger charge is 2.42. The summed E-state index contributed by atoms with van der Waals surface area (Å²) >= 11 is 0. The van der Waals surface area contributed by atoms with Crippen LogP contribution in [0.5, 0.6) is 11.5 Å². The second-order valence-electron chi connectivity index (χ2n) is 7.90. The molecule has 0 saturated heterocycles. The smallest absolute Gasteiger partial charge is 0.162 e. The maximum atomic E-state index is 13.1. The van der Waals surface area contributed by atoms with Crippen LogP contribution in [0.1, 0.15) is 52.0 Å². The highest BCUT2D eigenvalue weighted by Crippen LogP contribution is 2.48. The minimum atomic E-state index is -0.563. The van der Waals surface area contributed by atoms with Crippen LogP contribution in [0.25, 0.3) is 0 Å². The number of ketones is 1. The van der Waals surface area contributed by atoms with Gasteiger partial charge >= 0.3 is 0 Å². The van der Waals surface area contributed by atoms with Crippen LogP contribution in [0.2, 0.25) is 0 Å². The number of carbonyl (C=O) groups is 1. The first-order chi connectivity index (χ1) is 13.3. The highest BCUT2D eigenvalue weighted by atomic mass is 16.5. The Kier molecular flexibility index (Phi) is 5.37. The lowest BCUT2D eigenvalue weighted by Gasteiger charge is -2.38. The maximum absolute atomic E-state index is 13.1. The number of hydrogen-bond donors (Lipinski definition) is 2. The third kappa shape index (κ3) is 3.57. The van der Waals surface area contributed by atoms with Crippen molar-refractivity contribution < 1.29 is 14.3 Å². The zero-order valence-corrected chi connectivity index (χ0v) is 16.9. The van der Waals surface area contributed by atoms with Crippen LogP contribution >= 0.6 is 0 Å². The number of nitriles is 1. The summed E-state index contributed by atoms with van der Waals surface area (Å²) in [7, 11) is 0. The van der Waals surface area contributed by atoms with Crippen LogP contribution in [-0.4, -0.2) is 19.0 Å². The van der Waals surface area contributed by atoms with E-state index >= 15 is 0 Å². The van der Waals surface area contributed by atoms with Crippen molar-refractivity contribution in [2.75, 3.05) is 13.2 Å². The van der Waals surface area contributed by atoms with E-state index in [0.717, 1.165) is 11.3 Å². The number of nitrogens with two attached hydrogens (primary N) is 1. The molecule has 0 fully saturated rings. The van der Waals surface area contributed by atoms with E-state index < -0.39 is 5.92 Å². The average Bonchev–Trinajstić information content (AvgIpc) is 2.61. The number of carbonyl (C=O) groups excluding carboxylic acids is 1. The first-order valence-corrected chi connectivity index (χ1v) is 9.63. The predicted octanol–water partition coefficient (Wildman–Crippen LogP) is 3.51. The second-order valence-corrected chi connectivity index (χ2v) is 7.90. The summed E-state index contributed by atoms with van der Waals surface area (Å²) in [5, 5.41) is 12.9. The molecule has 28 heavy (non-hydrogen) atoms.